The highest BCUT2D eigenvalue weighted by molar-refractivity contribution is 7.03. The quantitative estimate of drug-likeness (QED) is 0.0200. The van der Waals surface area contributed by atoms with Crippen LogP contribution in [0.15, 0.2) is 40.9 Å². The molecule has 0 amide bonds. The molecule has 0 spiro atoms. The first-order chi connectivity index (χ1) is 33.0. The van der Waals surface area contributed by atoms with Crippen LogP contribution in [0.1, 0.15) is 51.4 Å². The Morgan fingerprint density at radius 1 is 0.206 bits per heavy atom. The highest BCUT2D eigenvalue weighted by Gasteiger charge is 2.82. The molecule has 0 radical (unpaired) electrons. The SMILES string of the molecule is [N-]=[N+]=NCCC[Si]12O[Si]3(CCCN=[N+]=[N-])O[Si]4(CCCN=[N+]=[N-])O[Si](CCCN=[N+]=[N-])(O1)O[Si]1(CCCN=[N+]=[N-])O[Si](CCCN=[N+]=[N-])(O2)O[Si](CCCN=[N+]=[N-])(O3)O[Si](CCCN=[N+]=[N-])(O4)O1. The molecule has 36 nitrogen and oxygen atoms in total. The molecule has 6 saturated heterocycles. The molecule has 0 aliphatic carbocycles. The molecule has 6 aliphatic rings. The van der Waals surface area contributed by atoms with Gasteiger partial charge in [0.15, 0.2) is 0 Å². The van der Waals surface area contributed by atoms with E-state index in [1.54, 1.807) is 0 Å². The van der Waals surface area contributed by atoms with Crippen molar-refractivity contribution in [3.05, 3.63) is 83.5 Å². The topological polar surface area (TPSA) is 501 Å². The fourth-order valence-electron chi connectivity index (χ4n) is 7.86. The molecular formula is C24H48N24O12Si8. The third kappa shape index (κ3) is 14.9. The normalized spacial score (nSPS) is 32.7. The van der Waals surface area contributed by atoms with Crippen LogP contribution in [0.2, 0.25) is 48.4 Å². The minimum atomic E-state index is -4.60. The van der Waals surface area contributed by atoms with E-state index in [1.807, 2.05) is 0 Å². The predicted molar refractivity (Wildman–Crippen MR) is 247 cm³/mol. The molecule has 0 N–H and O–H groups in total. The fourth-order valence-corrected chi connectivity index (χ4v) is 58.1. The molecule has 8 bridgehead atoms. The first-order valence-corrected chi connectivity index (χ1v) is 36.9. The molecule has 368 valence electrons. The van der Waals surface area contributed by atoms with E-state index in [0.29, 0.717) is 0 Å². The number of azide groups is 8. The Kier molecular flexibility index (Phi) is 21.0. The summed E-state index contributed by atoms with van der Waals surface area (Å²) in [6.45, 7) is -0.426. The zero-order chi connectivity index (χ0) is 48.8. The van der Waals surface area contributed by atoms with Gasteiger partial charge < -0.3 is 49.4 Å². The first-order valence-electron chi connectivity index (χ1n) is 21.5. The van der Waals surface area contributed by atoms with Crippen molar-refractivity contribution in [2.45, 2.75) is 99.7 Å². The fraction of sp³-hybridized carbons (Fsp3) is 1.00. The van der Waals surface area contributed by atoms with Crippen LogP contribution < -0.4 is 0 Å². The minimum absolute atomic E-state index is 0.0532. The summed E-state index contributed by atoms with van der Waals surface area (Å²) in [4.78, 5) is 23.3. The monoisotopic (exact) mass is 1090 g/mol. The first kappa shape index (κ1) is 54.7. The molecule has 0 aromatic heterocycles. The van der Waals surface area contributed by atoms with E-state index in [9.17, 15) is 44.2 Å². The molecule has 68 heavy (non-hydrogen) atoms. The van der Waals surface area contributed by atoms with Crippen LogP contribution >= 0.6 is 0 Å². The molecule has 0 aromatic carbocycles. The Morgan fingerprint density at radius 3 is 0.397 bits per heavy atom. The molecule has 0 atom stereocenters. The number of hydrogen-bond acceptors (Lipinski definition) is 20. The van der Waals surface area contributed by atoms with E-state index in [-0.39, 0.29) is 152 Å². The van der Waals surface area contributed by atoms with E-state index in [2.05, 4.69) is 80.2 Å². The van der Waals surface area contributed by atoms with Crippen molar-refractivity contribution in [1.82, 2.24) is 0 Å². The van der Waals surface area contributed by atoms with Crippen LogP contribution in [0, 0.1) is 0 Å². The predicted octanol–water partition coefficient (Wildman–Crippen LogP) is 9.37. The molecule has 0 aromatic rings. The summed E-state index contributed by atoms with van der Waals surface area (Å²) in [5.74, 6) is 0. The zero-order valence-corrected chi connectivity index (χ0v) is 44.6. The summed E-state index contributed by atoms with van der Waals surface area (Å²) in [6, 6.07) is -0.758. The van der Waals surface area contributed by atoms with Gasteiger partial charge >= 0.3 is 70.4 Å². The summed E-state index contributed by atoms with van der Waals surface area (Å²) in [6.07, 6.45) is 0.848. The van der Waals surface area contributed by atoms with Gasteiger partial charge in [-0.3, -0.25) is 0 Å². The van der Waals surface area contributed by atoms with Gasteiger partial charge in [0.05, 0.1) is 0 Å². The lowest BCUT2D eigenvalue weighted by molar-refractivity contribution is -0.0309. The summed E-state index contributed by atoms with van der Waals surface area (Å²) in [5, 5.41) is 30.0. The van der Waals surface area contributed by atoms with E-state index in [0.717, 1.165) is 0 Å². The maximum atomic E-state index is 9.29. The lowest BCUT2D eigenvalue weighted by Crippen LogP contribution is -2.88. The van der Waals surface area contributed by atoms with Crippen molar-refractivity contribution in [2.75, 3.05) is 52.4 Å². The smallest absolute Gasteiger partial charge is 0.373 e. The van der Waals surface area contributed by atoms with Crippen molar-refractivity contribution >= 4 is 70.4 Å². The van der Waals surface area contributed by atoms with Gasteiger partial charge in [0.1, 0.15) is 0 Å². The lowest BCUT2D eigenvalue weighted by atomic mass is 10.5. The van der Waals surface area contributed by atoms with Crippen molar-refractivity contribution in [3.63, 3.8) is 0 Å². The second kappa shape index (κ2) is 26.1. The van der Waals surface area contributed by atoms with E-state index in [1.165, 1.54) is 0 Å². The Hall–Kier alpha value is -4.26. The largest absolute Gasteiger partial charge is 0.478 e. The third-order valence-electron chi connectivity index (χ3n) is 10.2. The van der Waals surface area contributed by atoms with Gasteiger partial charge in [-0.15, -0.1) is 0 Å². The summed E-state index contributed by atoms with van der Waals surface area (Å²) < 4.78 is 89.1. The van der Waals surface area contributed by atoms with E-state index < -0.39 is 70.4 Å². The Morgan fingerprint density at radius 2 is 0.309 bits per heavy atom. The van der Waals surface area contributed by atoms with Crippen molar-refractivity contribution in [2.24, 2.45) is 40.9 Å². The highest BCUT2D eigenvalue weighted by atomic mass is 28.6. The molecule has 6 rings (SSSR count). The zero-order valence-electron chi connectivity index (χ0n) is 36.6. The molecular weight excluding hydrogens is 1040 g/mol. The Bertz CT molecular complexity index is 1650. The van der Waals surface area contributed by atoms with Gasteiger partial charge in [-0.05, 0) is 95.6 Å². The molecule has 44 heteroatoms. The number of nitrogens with zero attached hydrogens (tertiary/aromatic N) is 24. The average molecular weight is 1090 g/mol. The van der Waals surface area contributed by atoms with Crippen molar-refractivity contribution in [1.29, 1.82) is 0 Å². The maximum Gasteiger partial charge on any atom is 0.478 e. The molecule has 6 aliphatic heterocycles. The van der Waals surface area contributed by atoms with Crippen LogP contribution in [0.3, 0.4) is 0 Å². The second-order valence-corrected chi connectivity index (χ2v) is 39.9. The van der Waals surface area contributed by atoms with E-state index >= 15 is 0 Å². The summed E-state index contributed by atoms with van der Waals surface area (Å²) in [7, 11) is -36.8. The Labute approximate surface area is 395 Å². The summed E-state index contributed by atoms with van der Waals surface area (Å²) in [5.41, 5.74) is 74.4. The van der Waals surface area contributed by atoms with Crippen LogP contribution in [-0.4, -0.2) is 123 Å². The van der Waals surface area contributed by atoms with Gasteiger partial charge in [-0.2, -0.15) is 0 Å². The van der Waals surface area contributed by atoms with Crippen LogP contribution in [0.5, 0.6) is 0 Å². The molecule has 0 unspecified atom stereocenters. The van der Waals surface area contributed by atoms with Crippen LogP contribution in [-0.2, 0) is 49.4 Å². The van der Waals surface area contributed by atoms with Crippen molar-refractivity contribution in [3.8, 4) is 0 Å². The molecule has 0 saturated carbocycles. The van der Waals surface area contributed by atoms with Gasteiger partial charge in [-0.25, -0.2) is 0 Å². The van der Waals surface area contributed by atoms with Crippen molar-refractivity contribution < 1.29 is 49.4 Å². The van der Waals surface area contributed by atoms with Gasteiger partial charge in [0.25, 0.3) is 0 Å². The number of rotatable bonds is 32. The summed E-state index contributed by atoms with van der Waals surface area (Å²) >= 11 is 0. The molecule has 6 fully saturated rings. The maximum absolute atomic E-state index is 9.29. The van der Waals surface area contributed by atoms with Gasteiger partial charge in [-0.1, -0.05) is 40.9 Å². The van der Waals surface area contributed by atoms with Gasteiger partial charge in [0.2, 0.25) is 0 Å². The van der Waals surface area contributed by atoms with Crippen LogP contribution in [0.25, 0.3) is 83.5 Å². The third-order valence-corrected chi connectivity index (χ3v) is 47.8. The minimum Gasteiger partial charge on any atom is -0.373 e. The van der Waals surface area contributed by atoms with Gasteiger partial charge in [0, 0.05) is 140 Å². The molecule has 6 heterocycles. The standard InChI is InChI=1S/C24H48N24O12Si8/c25-41-33-9-1-17-61-49-62(18-2-10-34-42-26)52-65(21-5-13-37-45-29)54-63(50-61,19-3-11-35-43-27)56-67(23-7-15-39-47-31)57-64(51-61,20-4-12-36-44-28)55-66(53-62,22-6-14-38-46-30)59-68(58-65,60-67)24-8-16-40-48-32/h1-24H2. The van der Waals surface area contributed by atoms with E-state index in [4.69, 9.17) is 49.4 Å². The lowest BCUT2D eigenvalue weighted by Gasteiger charge is -2.63. The Balaban J connectivity index is 1.93. The average Bonchev–Trinajstić information content (AvgIpc) is 3.28. The number of hydrogen-bond donors (Lipinski definition) is 0. The second-order valence-electron chi connectivity index (χ2n) is 15.2. The van der Waals surface area contributed by atoms with Crippen LogP contribution in [0.4, 0.5) is 0 Å². The highest BCUT2D eigenvalue weighted by Crippen LogP contribution is 2.54.